The monoisotopic (exact) mass is 883 g/mol. The average molecular weight is 883 g/mol. The van der Waals surface area contributed by atoms with Crippen LogP contribution in [0.1, 0.15) is 245 Å². The highest BCUT2D eigenvalue weighted by Crippen LogP contribution is 2.23. The molecule has 0 radical (unpaired) electrons. The maximum atomic E-state index is 12.8. The topological polar surface area (TPSA) is 169 Å². The number of unbranched alkanes of at least 4 members (excludes halogenated alkanes) is 31. The van der Waals surface area contributed by atoms with E-state index < -0.39 is 54.7 Å². The summed E-state index contributed by atoms with van der Waals surface area (Å²) in [5.41, 5.74) is 0. The molecule has 0 bridgehead atoms. The number of carboxylic acids is 1. The van der Waals surface area contributed by atoms with Gasteiger partial charge in [0.15, 0.2) is 18.5 Å². The molecule has 62 heavy (non-hydrogen) atoms. The molecule has 6 unspecified atom stereocenters. The molecule has 0 spiro atoms. The van der Waals surface area contributed by atoms with Crippen molar-refractivity contribution in [3.8, 4) is 0 Å². The maximum absolute atomic E-state index is 12.8. The van der Waals surface area contributed by atoms with Gasteiger partial charge >= 0.3 is 17.9 Å². The number of aliphatic hydroxyl groups is 3. The molecule has 1 saturated heterocycles. The highest BCUT2D eigenvalue weighted by molar-refractivity contribution is 5.73. The highest BCUT2D eigenvalue weighted by atomic mass is 16.7. The van der Waals surface area contributed by atoms with Crippen LogP contribution in [0.5, 0.6) is 0 Å². The van der Waals surface area contributed by atoms with E-state index in [1.165, 1.54) is 148 Å². The summed E-state index contributed by atoms with van der Waals surface area (Å²) in [7, 11) is 0. The Kier molecular flexibility index (Phi) is 38.9. The first-order valence-electron chi connectivity index (χ1n) is 25.7. The van der Waals surface area contributed by atoms with Crippen LogP contribution in [0.3, 0.4) is 0 Å². The Morgan fingerprint density at radius 2 is 0.855 bits per heavy atom. The van der Waals surface area contributed by atoms with Gasteiger partial charge in [-0.3, -0.25) is 9.59 Å². The Bertz CT molecular complexity index is 1080. The minimum Gasteiger partial charge on any atom is -0.479 e. The van der Waals surface area contributed by atoms with Crippen LogP contribution in [-0.4, -0.2) is 88.4 Å². The highest BCUT2D eigenvalue weighted by Gasteiger charge is 2.47. The molecule has 0 saturated carbocycles. The van der Waals surface area contributed by atoms with Gasteiger partial charge in [0.25, 0.3) is 0 Å². The van der Waals surface area contributed by atoms with Gasteiger partial charge in [-0.1, -0.05) is 206 Å². The van der Waals surface area contributed by atoms with Gasteiger partial charge in [0, 0.05) is 12.8 Å². The third-order valence-electron chi connectivity index (χ3n) is 12.1. The molecule has 4 N–H and O–H groups in total. The van der Waals surface area contributed by atoms with Gasteiger partial charge in [0.1, 0.15) is 24.9 Å². The molecule has 1 aliphatic rings. The van der Waals surface area contributed by atoms with Crippen molar-refractivity contribution < 1.29 is 53.8 Å². The van der Waals surface area contributed by atoms with Crippen LogP contribution < -0.4 is 0 Å². The smallest absolute Gasteiger partial charge is 0.335 e. The first-order valence-corrected chi connectivity index (χ1v) is 25.7. The Morgan fingerprint density at radius 1 is 0.484 bits per heavy atom. The summed E-state index contributed by atoms with van der Waals surface area (Å²) in [6.45, 7) is 3.84. The summed E-state index contributed by atoms with van der Waals surface area (Å²) < 4.78 is 21.8. The van der Waals surface area contributed by atoms with Crippen molar-refractivity contribution in [2.24, 2.45) is 0 Å². The summed E-state index contributed by atoms with van der Waals surface area (Å²) in [5.74, 6) is -2.43. The normalized spacial score (nSPS) is 19.5. The number of ether oxygens (including phenoxy) is 4. The van der Waals surface area contributed by atoms with Crippen LogP contribution >= 0.6 is 0 Å². The number of carbonyl (C=O) groups is 3. The largest absolute Gasteiger partial charge is 0.479 e. The molecule has 364 valence electrons. The van der Waals surface area contributed by atoms with Crippen LogP contribution in [0.25, 0.3) is 0 Å². The average Bonchev–Trinajstić information content (AvgIpc) is 3.26. The zero-order valence-corrected chi connectivity index (χ0v) is 39.6. The van der Waals surface area contributed by atoms with Gasteiger partial charge in [-0.25, -0.2) is 4.79 Å². The quantitative estimate of drug-likeness (QED) is 0.0261. The molecule has 1 heterocycles. The molecule has 1 aliphatic heterocycles. The molecule has 0 amide bonds. The van der Waals surface area contributed by atoms with Crippen LogP contribution in [0.15, 0.2) is 12.2 Å². The van der Waals surface area contributed by atoms with Crippen molar-refractivity contribution in [1.29, 1.82) is 0 Å². The van der Waals surface area contributed by atoms with E-state index in [2.05, 4.69) is 26.0 Å². The van der Waals surface area contributed by atoms with Crippen molar-refractivity contribution in [3.63, 3.8) is 0 Å². The van der Waals surface area contributed by atoms with E-state index in [0.29, 0.717) is 12.8 Å². The number of esters is 2. The van der Waals surface area contributed by atoms with Gasteiger partial charge in [-0.15, -0.1) is 0 Å². The van der Waals surface area contributed by atoms with Gasteiger partial charge in [0.2, 0.25) is 0 Å². The first-order chi connectivity index (χ1) is 30.2. The first kappa shape index (κ1) is 58.0. The Labute approximate surface area is 377 Å². The van der Waals surface area contributed by atoms with Crippen LogP contribution in [0, 0.1) is 0 Å². The fraction of sp³-hybridized carbons (Fsp3) is 0.902. The fourth-order valence-electron chi connectivity index (χ4n) is 8.05. The number of rotatable bonds is 44. The third kappa shape index (κ3) is 32.6. The van der Waals surface area contributed by atoms with E-state index >= 15 is 0 Å². The molecular formula is C51H94O11. The Morgan fingerprint density at radius 3 is 1.26 bits per heavy atom. The summed E-state index contributed by atoms with van der Waals surface area (Å²) in [5, 5.41) is 39.9. The number of aliphatic hydroxyl groups excluding tert-OH is 3. The lowest BCUT2D eigenvalue weighted by atomic mass is 9.99. The second kappa shape index (κ2) is 41.6. The summed E-state index contributed by atoms with van der Waals surface area (Å²) in [4.78, 5) is 37.0. The second-order valence-corrected chi connectivity index (χ2v) is 18.0. The van der Waals surface area contributed by atoms with E-state index in [1.54, 1.807) is 0 Å². The molecule has 0 aromatic heterocycles. The zero-order valence-electron chi connectivity index (χ0n) is 39.6. The van der Waals surface area contributed by atoms with Crippen molar-refractivity contribution in [3.05, 3.63) is 12.2 Å². The Hall–Kier alpha value is -2.05. The van der Waals surface area contributed by atoms with Gasteiger partial charge in [-0.05, 0) is 38.5 Å². The van der Waals surface area contributed by atoms with Crippen molar-refractivity contribution in [2.75, 3.05) is 13.2 Å². The van der Waals surface area contributed by atoms with Crippen molar-refractivity contribution in [2.45, 2.75) is 282 Å². The maximum Gasteiger partial charge on any atom is 0.335 e. The molecule has 11 nitrogen and oxygen atoms in total. The van der Waals surface area contributed by atoms with Crippen LogP contribution in [0.2, 0.25) is 0 Å². The van der Waals surface area contributed by atoms with E-state index in [-0.39, 0.29) is 26.1 Å². The molecular weight excluding hydrogens is 789 g/mol. The SMILES string of the molecule is CCCCCCCCC/C=C\CCCCCCCC(=O)OCC(COC1OC(C(=O)O)C(O)C(O)C1O)OC(=O)CCCCCCCCCCCCCCCCCCCCCC. The van der Waals surface area contributed by atoms with E-state index in [4.69, 9.17) is 18.9 Å². The Balaban J connectivity index is 2.29. The minimum atomic E-state index is -1.86. The molecule has 0 aromatic carbocycles. The third-order valence-corrected chi connectivity index (χ3v) is 12.1. The zero-order chi connectivity index (χ0) is 45.3. The number of carbonyl (C=O) groups excluding carboxylic acids is 2. The molecule has 0 aromatic rings. The van der Waals surface area contributed by atoms with E-state index in [9.17, 15) is 34.8 Å². The molecule has 6 atom stereocenters. The minimum absolute atomic E-state index is 0.187. The van der Waals surface area contributed by atoms with Crippen molar-refractivity contribution >= 4 is 17.9 Å². The lowest BCUT2D eigenvalue weighted by Gasteiger charge is -2.38. The predicted molar refractivity (Wildman–Crippen MR) is 248 cm³/mol. The van der Waals surface area contributed by atoms with Gasteiger partial charge in [0.05, 0.1) is 6.61 Å². The molecule has 1 rings (SSSR count). The number of hydrogen-bond acceptors (Lipinski definition) is 10. The van der Waals surface area contributed by atoms with Gasteiger partial charge < -0.3 is 39.4 Å². The fourth-order valence-corrected chi connectivity index (χ4v) is 8.05. The molecule has 0 aliphatic carbocycles. The summed E-state index contributed by atoms with van der Waals surface area (Å²) in [6, 6.07) is 0. The molecule has 11 heteroatoms. The van der Waals surface area contributed by atoms with Crippen LogP contribution in [0.4, 0.5) is 0 Å². The van der Waals surface area contributed by atoms with E-state index in [0.717, 1.165) is 57.8 Å². The van der Waals surface area contributed by atoms with Crippen molar-refractivity contribution in [1.82, 2.24) is 0 Å². The number of carboxylic acid groups (broad SMARTS) is 1. The van der Waals surface area contributed by atoms with Crippen LogP contribution in [-0.2, 0) is 33.3 Å². The number of aliphatic carboxylic acids is 1. The summed E-state index contributed by atoms with van der Waals surface area (Å²) in [6.07, 6.45) is 36.9. The van der Waals surface area contributed by atoms with Gasteiger partial charge in [-0.2, -0.15) is 0 Å². The lowest BCUT2D eigenvalue weighted by Crippen LogP contribution is -2.60. The predicted octanol–water partition coefficient (Wildman–Crippen LogP) is 12.0. The van der Waals surface area contributed by atoms with E-state index in [1.807, 2.05) is 0 Å². The second-order valence-electron chi connectivity index (χ2n) is 18.0. The molecule has 1 fully saturated rings. The number of hydrogen-bond donors (Lipinski definition) is 4. The lowest BCUT2D eigenvalue weighted by molar-refractivity contribution is -0.298. The summed E-state index contributed by atoms with van der Waals surface area (Å²) >= 11 is 0. The number of allylic oxidation sites excluding steroid dienone is 2. The standard InChI is InChI=1S/C51H94O11/c1-3-5-7-9-11-13-15-17-19-21-22-23-24-26-28-30-32-34-36-38-40-45(53)61-43(42-60-51-48(56)46(54)47(55)49(62-51)50(57)58)41-59-44(52)39-37-35-33-31-29-27-25-20-18-16-14-12-10-8-6-4-2/h20,25,43,46-49,51,54-56H,3-19,21-24,26-42H2,1-2H3,(H,57,58)/b25-20-.